The Hall–Kier alpha value is -1.37. The highest BCUT2D eigenvalue weighted by Gasteiger charge is 2.04. The number of nitrogens with zero attached hydrogens (tertiary/aromatic N) is 4. The van der Waals surface area contributed by atoms with Gasteiger partial charge in [0.1, 0.15) is 6.54 Å². The molecule has 0 unspecified atom stereocenters. The van der Waals surface area contributed by atoms with E-state index in [-0.39, 0.29) is 0 Å². The predicted octanol–water partition coefficient (Wildman–Crippen LogP) is 0.430. The number of tetrazole rings is 1. The summed E-state index contributed by atoms with van der Waals surface area (Å²) < 4.78 is 0. The molecular weight excluding hydrogens is 140 g/mol. The average Bonchev–Trinajstić information content (AvgIpc) is 2.37. The van der Waals surface area contributed by atoms with E-state index in [1.165, 1.54) is 4.80 Å². The molecule has 0 saturated carbocycles. The van der Waals surface area contributed by atoms with E-state index in [4.69, 9.17) is 6.42 Å². The fourth-order valence-electron chi connectivity index (χ4n) is 0.635. The van der Waals surface area contributed by atoms with E-state index < -0.39 is 0 Å². The van der Waals surface area contributed by atoms with Crippen molar-refractivity contribution in [2.45, 2.75) is 26.3 Å². The molecule has 0 aliphatic rings. The highest BCUT2D eigenvalue weighted by molar-refractivity contribution is 4.87. The number of aromatic nitrogens is 4. The standard InChI is InChI=1S/C7H10N4/c1-4-5-11-9-7(6(2)3)8-10-11/h1,6H,5H2,2-3H3. The number of hydrogen-bond donors (Lipinski definition) is 0. The average molecular weight is 150 g/mol. The van der Waals surface area contributed by atoms with Gasteiger partial charge in [-0.3, -0.25) is 0 Å². The van der Waals surface area contributed by atoms with Gasteiger partial charge in [0.15, 0.2) is 5.82 Å². The van der Waals surface area contributed by atoms with Gasteiger partial charge in [0, 0.05) is 5.92 Å². The molecule has 0 radical (unpaired) electrons. The van der Waals surface area contributed by atoms with Crippen LogP contribution < -0.4 is 0 Å². The van der Waals surface area contributed by atoms with Gasteiger partial charge in [0.05, 0.1) is 0 Å². The summed E-state index contributed by atoms with van der Waals surface area (Å²) in [6, 6.07) is 0. The third kappa shape index (κ3) is 1.77. The second-order valence-electron chi connectivity index (χ2n) is 2.54. The van der Waals surface area contributed by atoms with Crippen LogP contribution in [0.3, 0.4) is 0 Å². The zero-order valence-electron chi connectivity index (χ0n) is 6.65. The van der Waals surface area contributed by atoms with Crippen molar-refractivity contribution in [1.29, 1.82) is 0 Å². The summed E-state index contributed by atoms with van der Waals surface area (Å²) in [6.45, 7) is 4.41. The van der Waals surface area contributed by atoms with Crippen molar-refractivity contribution in [2.24, 2.45) is 0 Å². The Bertz CT molecular complexity index is 268. The number of hydrogen-bond acceptors (Lipinski definition) is 3. The normalized spacial score (nSPS) is 10.0. The summed E-state index contributed by atoms with van der Waals surface area (Å²) >= 11 is 0. The van der Waals surface area contributed by atoms with E-state index in [0.29, 0.717) is 12.5 Å². The number of rotatable bonds is 2. The maximum Gasteiger partial charge on any atom is 0.177 e. The third-order valence-electron chi connectivity index (χ3n) is 1.22. The van der Waals surface area contributed by atoms with E-state index >= 15 is 0 Å². The summed E-state index contributed by atoms with van der Waals surface area (Å²) in [4.78, 5) is 1.41. The van der Waals surface area contributed by atoms with Crippen molar-refractivity contribution < 1.29 is 0 Å². The molecule has 1 aromatic heterocycles. The molecule has 1 rings (SSSR count). The van der Waals surface area contributed by atoms with E-state index in [1.807, 2.05) is 13.8 Å². The van der Waals surface area contributed by atoms with Crippen LogP contribution in [0.1, 0.15) is 25.6 Å². The van der Waals surface area contributed by atoms with Gasteiger partial charge in [-0.2, -0.15) is 4.80 Å². The predicted molar refractivity (Wildman–Crippen MR) is 40.7 cm³/mol. The quantitative estimate of drug-likeness (QED) is 0.574. The third-order valence-corrected chi connectivity index (χ3v) is 1.22. The molecule has 58 valence electrons. The topological polar surface area (TPSA) is 43.6 Å². The molecule has 1 aromatic rings. The van der Waals surface area contributed by atoms with Crippen molar-refractivity contribution in [3.63, 3.8) is 0 Å². The summed E-state index contributed by atoms with van der Waals surface area (Å²) in [5, 5.41) is 11.6. The molecule has 4 heteroatoms. The second kappa shape index (κ2) is 3.15. The smallest absolute Gasteiger partial charge is 0.152 e. The zero-order chi connectivity index (χ0) is 8.27. The molecule has 4 nitrogen and oxygen atoms in total. The van der Waals surface area contributed by atoms with Gasteiger partial charge in [-0.15, -0.1) is 16.6 Å². The Morgan fingerprint density at radius 3 is 2.82 bits per heavy atom. The van der Waals surface area contributed by atoms with E-state index in [2.05, 4.69) is 21.3 Å². The first-order valence-electron chi connectivity index (χ1n) is 3.45. The largest absolute Gasteiger partial charge is 0.177 e. The molecule has 11 heavy (non-hydrogen) atoms. The molecule has 0 aliphatic carbocycles. The van der Waals surface area contributed by atoms with Gasteiger partial charge in [-0.25, -0.2) is 0 Å². The van der Waals surface area contributed by atoms with Crippen molar-refractivity contribution in [3.8, 4) is 12.3 Å². The Labute approximate surface area is 65.6 Å². The molecule has 0 N–H and O–H groups in total. The van der Waals surface area contributed by atoms with Crippen LogP contribution in [0.5, 0.6) is 0 Å². The van der Waals surface area contributed by atoms with Crippen LogP contribution in [0.2, 0.25) is 0 Å². The Morgan fingerprint density at radius 1 is 1.64 bits per heavy atom. The summed E-state index contributed by atoms with van der Waals surface area (Å²) in [5.74, 6) is 3.48. The molecule has 0 aliphatic heterocycles. The highest BCUT2D eigenvalue weighted by atomic mass is 15.6. The fourth-order valence-corrected chi connectivity index (χ4v) is 0.635. The monoisotopic (exact) mass is 150 g/mol. The molecule has 0 amide bonds. The lowest BCUT2D eigenvalue weighted by molar-refractivity contribution is 0.587. The van der Waals surface area contributed by atoms with Crippen molar-refractivity contribution >= 4 is 0 Å². The molecule has 0 aromatic carbocycles. The molecule has 0 fully saturated rings. The van der Waals surface area contributed by atoms with Gasteiger partial charge in [0.2, 0.25) is 0 Å². The Morgan fingerprint density at radius 2 is 2.36 bits per heavy atom. The van der Waals surface area contributed by atoms with Crippen LogP contribution >= 0.6 is 0 Å². The van der Waals surface area contributed by atoms with Crippen LogP contribution in [0.25, 0.3) is 0 Å². The van der Waals surface area contributed by atoms with Crippen molar-refractivity contribution in [3.05, 3.63) is 5.82 Å². The Balaban J connectivity index is 2.75. The Kier molecular flexibility index (Phi) is 2.21. The van der Waals surface area contributed by atoms with Crippen molar-refractivity contribution in [1.82, 2.24) is 20.2 Å². The summed E-state index contributed by atoms with van der Waals surface area (Å²) in [7, 11) is 0. The molecule has 0 bridgehead atoms. The van der Waals surface area contributed by atoms with Gasteiger partial charge in [0.25, 0.3) is 0 Å². The number of terminal acetylenes is 1. The van der Waals surface area contributed by atoms with Crippen LogP contribution in [0, 0.1) is 12.3 Å². The van der Waals surface area contributed by atoms with Crippen LogP contribution in [0.4, 0.5) is 0 Å². The lowest BCUT2D eigenvalue weighted by Gasteiger charge is -1.92. The lowest BCUT2D eigenvalue weighted by atomic mass is 10.2. The highest BCUT2D eigenvalue weighted by Crippen LogP contribution is 2.04. The fraction of sp³-hybridized carbons (Fsp3) is 0.571. The minimum Gasteiger partial charge on any atom is -0.152 e. The van der Waals surface area contributed by atoms with Gasteiger partial charge < -0.3 is 0 Å². The van der Waals surface area contributed by atoms with E-state index in [1.54, 1.807) is 0 Å². The molecule has 0 saturated heterocycles. The zero-order valence-corrected chi connectivity index (χ0v) is 6.65. The molecule has 1 heterocycles. The minimum atomic E-state index is 0.307. The summed E-state index contributed by atoms with van der Waals surface area (Å²) in [6.07, 6.45) is 5.07. The van der Waals surface area contributed by atoms with Crippen LogP contribution in [-0.2, 0) is 6.54 Å². The first kappa shape index (κ1) is 7.73. The maximum absolute atomic E-state index is 5.07. The van der Waals surface area contributed by atoms with E-state index in [0.717, 1.165) is 5.82 Å². The lowest BCUT2D eigenvalue weighted by Crippen LogP contribution is -2.00. The van der Waals surface area contributed by atoms with Gasteiger partial charge in [-0.1, -0.05) is 19.8 Å². The van der Waals surface area contributed by atoms with Gasteiger partial charge in [-0.05, 0) is 5.21 Å². The van der Waals surface area contributed by atoms with E-state index in [9.17, 15) is 0 Å². The van der Waals surface area contributed by atoms with Crippen molar-refractivity contribution in [2.75, 3.05) is 0 Å². The van der Waals surface area contributed by atoms with Crippen LogP contribution in [-0.4, -0.2) is 20.2 Å². The summed E-state index contributed by atoms with van der Waals surface area (Å²) in [5.41, 5.74) is 0. The minimum absolute atomic E-state index is 0.307. The first-order chi connectivity index (χ1) is 5.24. The van der Waals surface area contributed by atoms with Gasteiger partial charge >= 0.3 is 0 Å². The van der Waals surface area contributed by atoms with Crippen LogP contribution in [0.15, 0.2) is 0 Å². The maximum atomic E-state index is 5.07. The first-order valence-corrected chi connectivity index (χ1v) is 3.45. The SMILES string of the molecule is C#CCn1nnc(C(C)C)n1. The molecule has 0 spiro atoms. The molecular formula is C7H10N4. The second-order valence-corrected chi connectivity index (χ2v) is 2.54. The molecule has 0 atom stereocenters.